The summed E-state index contributed by atoms with van der Waals surface area (Å²) in [6, 6.07) is 0. The van der Waals surface area contributed by atoms with E-state index in [1.807, 2.05) is 6.92 Å². The van der Waals surface area contributed by atoms with Crippen LogP contribution in [0.15, 0.2) is 0 Å². The molecule has 0 unspecified atom stereocenters. The third kappa shape index (κ3) is 5.18. The van der Waals surface area contributed by atoms with Crippen molar-refractivity contribution in [1.82, 2.24) is 0 Å². The maximum absolute atomic E-state index is 12.3. The molecule has 37 heavy (non-hydrogen) atoms. The van der Waals surface area contributed by atoms with Crippen LogP contribution >= 0.6 is 0 Å². The largest absolute Gasteiger partial charge is 0.466 e. The molecule has 7 nitrogen and oxygen atoms in total. The fourth-order valence-corrected chi connectivity index (χ4v) is 9.63. The average molecular weight is 521 g/mol. The van der Waals surface area contributed by atoms with E-state index in [0.29, 0.717) is 43.1 Å². The van der Waals surface area contributed by atoms with Crippen molar-refractivity contribution in [3.63, 3.8) is 0 Å². The Morgan fingerprint density at radius 2 is 1.57 bits per heavy atom. The summed E-state index contributed by atoms with van der Waals surface area (Å²) >= 11 is 0. The first-order valence-electron chi connectivity index (χ1n) is 14.6. The lowest BCUT2D eigenvalue weighted by Crippen LogP contribution is -2.65. The molecule has 0 aromatic carbocycles. The van der Waals surface area contributed by atoms with Crippen LogP contribution in [0.25, 0.3) is 0 Å². The number of carbonyl (C=O) groups is 3. The number of esters is 3. The summed E-state index contributed by atoms with van der Waals surface area (Å²) in [7, 11) is 0. The number of aliphatic hydroxyl groups is 1. The van der Waals surface area contributed by atoms with E-state index < -0.39 is 12.2 Å². The Kier molecular flexibility index (Phi) is 8.33. The lowest BCUT2D eigenvalue weighted by atomic mass is 9.43. The van der Waals surface area contributed by atoms with Crippen molar-refractivity contribution in [1.29, 1.82) is 0 Å². The second-order valence-corrected chi connectivity index (χ2v) is 13.0. The highest BCUT2D eigenvalue weighted by atomic mass is 16.6. The zero-order valence-electron chi connectivity index (χ0n) is 23.7. The van der Waals surface area contributed by atoms with Gasteiger partial charge in [0, 0.05) is 26.2 Å². The first-order chi connectivity index (χ1) is 17.4. The van der Waals surface area contributed by atoms with Crippen molar-refractivity contribution in [3.8, 4) is 0 Å². The molecule has 1 N–H and O–H groups in total. The van der Waals surface area contributed by atoms with Gasteiger partial charge in [-0.2, -0.15) is 0 Å². The molecule has 0 spiro atoms. The molecular formula is C30H48O7. The van der Waals surface area contributed by atoms with Gasteiger partial charge in [0.25, 0.3) is 0 Å². The fourth-order valence-electron chi connectivity index (χ4n) is 9.63. The highest BCUT2D eigenvalue weighted by Crippen LogP contribution is 2.68. The molecule has 210 valence electrons. The predicted octanol–water partition coefficient (Wildman–Crippen LogP) is 5.07. The zero-order valence-corrected chi connectivity index (χ0v) is 23.7. The van der Waals surface area contributed by atoms with E-state index in [0.717, 1.165) is 44.9 Å². The van der Waals surface area contributed by atoms with Crippen molar-refractivity contribution in [2.45, 2.75) is 118 Å². The normalized spacial score (nSPS) is 43.5. The number of ether oxygens (including phenoxy) is 3. The summed E-state index contributed by atoms with van der Waals surface area (Å²) in [5, 5.41) is 11.8. The monoisotopic (exact) mass is 520 g/mol. The number of carbonyl (C=O) groups excluding carboxylic acids is 3. The van der Waals surface area contributed by atoms with Crippen LogP contribution in [0.4, 0.5) is 0 Å². The molecule has 4 rings (SSSR count). The van der Waals surface area contributed by atoms with Gasteiger partial charge in [0.1, 0.15) is 12.2 Å². The number of hydrogen-bond acceptors (Lipinski definition) is 7. The first kappa shape index (κ1) is 28.4. The Hall–Kier alpha value is -1.63. The van der Waals surface area contributed by atoms with Gasteiger partial charge in [-0.25, -0.2) is 0 Å². The molecule has 0 amide bonds. The molecule has 0 aromatic heterocycles. The van der Waals surface area contributed by atoms with Crippen molar-refractivity contribution in [2.75, 3.05) is 6.61 Å². The highest BCUT2D eigenvalue weighted by molar-refractivity contribution is 5.69. The molecule has 4 aliphatic carbocycles. The zero-order chi connectivity index (χ0) is 27.1. The Morgan fingerprint density at radius 1 is 0.919 bits per heavy atom. The summed E-state index contributed by atoms with van der Waals surface area (Å²) in [6.45, 7) is 12.1. The number of fused-ring (bicyclic) bond motifs is 5. The fraction of sp³-hybridized carbons (Fsp3) is 0.900. The van der Waals surface area contributed by atoms with Crippen LogP contribution in [0.3, 0.4) is 0 Å². The van der Waals surface area contributed by atoms with Crippen molar-refractivity contribution in [2.24, 2.45) is 46.3 Å². The topological polar surface area (TPSA) is 99.1 Å². The maximum Gasteiger partial charge on any atom is 0.305 e. The summed E-state index contributed by atoms with van der Waals surface area (Å²) < 4.78 is 16.7. The molecule has 0 bridgehead atoms. The van der Waals surface area contributed by atoms with E-state index in [-0.39, 0.29) is 46.7 Å². The smallest absolute Gasteiger partial charge is 0.305 e. The van der Waals surface area contributed by atoms with Gasteiger partial charge in [-0.05, 0) is 98.7 Å². The third-order valence-corrected chi connectivity index (χ3v) is 11.2. The van der Waals surface area contributed by atoms with Crippen LogP contribution in [0.1, 0.15) is 99.3 Å². The van der Waals surface area contributed by atoms with E-state index in [2.05, 4.69) is 20.8 Å². The molecule has 4 saturated carbocycles. The Labute approximate surface area is 222 Å². The molecule has 0 aliphatic heterocycles. The maximum atomic E-state index is 12.3. The van der Waals surface area contributed by atoms with Gasteiger partial charge < -0.3 is 19.3 Å². The number of rotatable bonds is 7. The van der Waals surface area contributed by atoms with Gasteiger partial charge in [-0.1, -0.05) is 20.8 Å². The summed E-state index contributed by atoms with van der Waals surface area (Å²) in [4.78, 5) is 36.0. The van der Waals surface area contributed by atoms with E-state index in [1.54, 1.807) is 0 Å². The minimum atomic E-state index is -0.767. The lowest BCUT2D eigenvalue weighted by Gasteiger charge is -2.64. The van der Waals surface area contributed by atoms with Gasteiger partial charge >= 0.3 is 17.9 Å². The molecule has 4 fully saturated rings. The van der Waals surface area contributed by atoms with Crippen LogP contribution in [-0.2, 0) is 28.6 Å². The van der Waals surface area contributed by atoms with Crippen LogP contribution in [0.5, 0.6) is 0 Å². The molecule has 0 radical (unpaired) electrons. The van der Waals surface area contributed by atoms with Gasteiger partial charge in [0.2, 0.25) is 0 Å². The Morgan fingerprint density at radius 3 is 2.22 bits per heavy atom. The minimum absolute atomic E-state index is 0.0683. The second kappa shape index (κ2) is 10.9. The summed E-state index contributed by atoms with van der Waals surface area (Å²) in [5.74, 6) is 0.921. The summed E-state index contributed by atoms with van der Waals surface area (Å²) in [6.07, 6.45) is 6.46. The van der Waals surface area contributed by atoms with E-state index in [4.69, 9.17) is 14.2 Å². The van der Waals surface area contributed by atoms with Gasteiger partial charge in [-0.3, -0.25) is 14.4 Å². The number of aliphatic hydroxyl groups excluding tert-OH is 1. The van der Waals surface area contributed by atoms with Crippen LogP contribution in [-0.4, -0.2) is 47.9 Å². The minimum Gasteiger partial charge on any atom is -0.466 e. The molecule has 11 atom stereocenters. The van der Waals surface area contributed by atoms with Crippen LogP contribution < -0.4 is 0 Å². The van der Waals surface area contributed by atoms with Crippen molar-refractivity contribution >= 4 is 17.9 Å². The van der Waals surface area contributed by atoms with Crippen LogP contribution in [0, 0.1) is 46.3 Å². The Balaban J connectivity index is 1.59. The molecule has 0 saturated heterocycles. The van der Waals surface area contributed by atoms with E-state index in [9.17, 15) is 19.5 Å². The van der Waals surface area contributed by atoms with E-state index >= 15 is 0 Å². The molecule has 0 heterocycles. The van der Waals surface area contributed by atoms with Gasteiger partial charge in [0.15, 0.2) is 0 Å². The molecular weight excluding hydrogens is 472 g/mol. The first-order valence-corrected chi connectivity index (χ1v) is 14.6. The van der Waals surface area contributed by atoms with E-state index in [1.165, 1.54) is 13.8 Å². The number of hydrogen-bond donors (Lipinski definition) is 1. The highest BCUT2D eigenvalue weighted by Gasteiger charge is 2.66. The lowest BCUT2D eigenvalue weighted by molar-refractivity contribution is -0.235. The SMILES string of the molecule is CCOC(=O)CC[C@@H](C)[C@H]1CC[C@H]2[C@@H]3[C@H](OC(C)=O)[C@H](O)[C@@H]4C[C@H](OC(C)=O)CC[C@]4(C)[C@H]3CC[C@]12C. The summed E-state index contributed by atoms with van der Waals surface area (Å²) in [5.41, 5.74) is 0.0117. The molecule has 0 aromatic rings. The van der Waals surface area contributed by atoms with Crippen LogP contribution in [0.2, 0.25) is 0 Å². The Bertz CT molecular complexity index is 872. The van der Waals surface area contributed by atoms with Gasteiger partial charge in [0.05, 0.1) is 12.7 Å². The quantitative estimate of drug-likeness (QED) is 0.370. The molecule has 4 aliphatic rings. The van der Waals surface area contributed by atoms with Crippen molar-refractivity contribution < 1.29 is 33.7 Å². The second-order valence-electron chi connectivity index (χ2n) is 13.0. The van der Waals surface area contributed by atoms with Crippen molar-refractivity contribution in [3.05, 3.63) is 0 Å². The molecule has 7 heteroatoms. The average Bonchev–Trinajstić information content (AvgIpc) is 3.17. The van der Waals surface area contributed by atoms with Gasteiger partial charge in [-0.15, -0.1) is 0 Å². The predicted molar refractivity (Wildman–Crippen MR) is 138 cm³/mol. The third-order valence-electron chi connectivity index (χ3n) is 11.2. The standard InChI is InChI=1S/C30H48O7/c1-7-35-25(33)11-8-17(2)21-9-10-22-26-23(13-15-29(21,22)5)30(6)14-12-20(36-18(3)31)16-24(30)27(34)28(26)37-19(4)32/h17,20-24,26-28,34H,7-16H2,1-6H3/t17-,20-,21-,22+,23+,24+,26+,27-,28+,29-,30-/m1/s1.